The maximum Gasteiger partial charge on any atom is 0.147 e. The van der Waals surface area contributed by atoms with Crippen LogP contribution in [0.5, 0.6) is 0 Å². The van der Waals surface area contributed by atoms with Gasteiger partial charge in [-0.05, 0) is 50.8 Å². The fraction of sp³-hybridized carbons (Fsp3) is 0.500. The van der Waals surface area contributed by atoms with Gasteiger partial charge in [-0.15, -0.1) is 6.58 Å². The number of aryl methyl sites for hydroxylation is 1. The average molecular weight is 295 g/mol. The summed E-state index contributed by atoms with van der Waals surface area (Å²) in [6.45, 7) is 8.11. The Hall–Kier alpha value is -1.29. The molecule has 0 bridgehead atoms. The van der Waals surface area contributed by atoms with E-state index in [1.165, 1.54) is 11.8 Å². The van der Waals surface area contributed by atoms with Gasteiger partial charge in [-0.1, -0.05) is 17.7 Å². The van der Waals surface area contributed by atoms with Crippen molar-refractivity contribution in [3.63, 3.8) is 0 Å². The summed E-state index contributed by atoms with van der Waals surface area (Å²) in [5, 5.41) is 3.44. The average Bonchev–Trinajstić information content (AvgIpc) is 2.34. The van der Waals surface area contributed by atoms with Crippen LogP contribution in [0, 0.1) is 0 Å². The molecule has 0 saturated heterocycles. The maximum absolute atomic E-state index is 11.1. The Bertz CT molecular complexity index is 532. The van der Waals surface area contributed by atoms with E-state index in [1.54, 1.807) is 0 Å². The smallest absolute Gasteiger partial charge is 0.147 e. The zero-order chi connectivity index (χ0) is 15.2. The van der Waals surface area contributed by atoms with E-state index < -0.39 is 9.84 Å². The molecule has 4 heteroatoms. The Morgan fingerprint density at radius 2 is 1.90 bits per heavy atom. The van der Waals surface area contributed by atoms with E-state index in [9.17, 15) is 8.42 Å². The molecule has 0 fully saturated rings. The maximum atomic E-state index is 11.1. The molecule has 1 unspecified atom stereocenters. The summed E-state index contributed by atoms with van der Waals surface area (Å²) in [5.74, 6) is 0.203. The van der Waals surface area contributed by atoms with E-state index in [2.05, 4.69) is 18.8 Å². The number of nitrogens with one attached hydrogen (secondary N) is 1. The van der Waals surface area contributed by atoms with Gasteiger partial charge in [-0.2, -0.15) is 0 Å². The number of sulfone groups is 1. The van der Waals surface area contributed by atoms with Crippen LogP contribution in [0.1, 0.15) is 32.3 Å². The highest BCUT2D eigenvalue weighted by Crippen LogP contribution is 2.14. The molecule has 0 amide bonds. The summed E-state index contributed by atoms with van der Waals surface area (Å²) in [7, 11) is -2.89. The van der Waals surface area contributed by atoms with E-state index in [0.717, 1.165) is 24.1 Å². The fourth-order valence-corrected chi connectivity index (χ4v) is 2.50. The van der Waals surface area contributed by atoms with Crippen LogP contribution in [-0.4, -0.2) is 26.5 Å². The zero-order valence-corrected chi connectivity index (χ0v) is 13.5. The Kier molecular flexibility index (Phi) is 6.27. The lowest BCUT2D eigenvalue weighted by atomic mass is 10.1. The monoisotopic (exact) mass is 295 g/mol. The van der Waals surface area contributed by atoms with E-state index >= 15 is 0 Å². The van der Waals surface area contributed by atoms with Crippen LogP contribution >= 0.6 is 0 Å². The summed E-state index contributed by atoms with van der Waals surface area (Å²) in [4.78, 5) is 0. The molecule has 20 heavy (non-hydrogen) atoms. The molecule has 1 N–H and O–H groups in total. The number of hydrogen-bond donors (Lipinski definition) is 1. The van der Waals surface area contributed by atoms with Crippen molar-refractivity contribution in [2.45, 2.75) is 39.2 Å². The van der Waals surface area contributed by atoms with Crippen molar-refractivity contribution in [2.75, 3.05) is 17.3 Å². The largest absolute Gasteiger partial charge is 0.383 e. The molecule has 0 aromatic heterocycles. The van der Waals surface area contributed by atoms with Gasteiger partial charge in [0.1, 0.15) is 9.84 Å². The predicted molar refractivity (Wildman–Crippen MR) is 87.0 cm³/mol. The summed E-state index contributed by atoms with van der Waals surface area (Å²) < 4.78 is 22.2. The van der Waals surface area contributed by atoms with Crippen molar-refractivity contribution in [1.82, 2.24) is 0 Å². The van der Waals surface area contributed by atoms with Crippen LogP contribution in [0.4, 0.5) is 5.69 Å². The third-order valence-electron chi connectivity index (χ3n) is 3.13. The van der Waals surface area contributed by atoms with Gasteiger partial charge in [0.15, 0.2) is 0 Å². The lowest BCUT2D eigenvalue weighted by Gasteiger charge is -2.15. The minimum Gasteiger partial charge on any atom is -0.383 e. The molecule has 112 valence electrons. The summed E-state index contributed by atoms with van der Waals surface area (Å²) in [6, 6.07) is 8.38. The molecule has 1 aromatic rings. The molecule has 1 rings (SSSR count). The van der Waals surface area contributed by atoms with Gasteiger partial charge in [-0.25, -0.2) is 8.42 Å². The lowest BCUT2D eigenvalue weighted by molar-refractivity contribution is 0.601. The first-order valence-corrected chi connectivity index (χ1v) is 9.00. The summed E-state index contributed by atoms with van der Waals surface area (Å²) in [5.41, 5.74) is 3.33. The predicted octanol–water partition coefficient (Wildman–Crippen LogP) is 3.43. The SMILES string of the molecule is C=C(C)CCC(C)Nc1ccc(CCS(C)(=O)=O)cc1. The Morgan fingerprint density at radius 1 is 1.30 bits per heavy atom. The van der Waals surface area contributed by atoms with Crippen LogP contribution in [0.15, 0.2) is 36.4 Å². The first kappa shape index (κ1) is 16.8. The van der Waals surface area contributed by atoms with Gasteiger partial charge in [0.25, 0.3) is 0 Å². The van der Waals surface area contributed by atoms with Crippen molar-refractivity contribution < 1.29 is 8.42 Å². The van der Waals surface area contributed by atoms with E-state index in [0.29, 0.717) is 12.5 Å². The molecular formula is C16H25NO2S. The van der Waals surface area contributed by atoms with Crippen molar-refractivity contribution >= 4 is 15.5 Å². The quantitative estimate of drug-likeness (QED) is 0.747. The molecule has 1 atom stereocenters. The fourth-order valence-electron chi connectivity index (χ4n) is 1.89. The van der Waals surface area contributed by atoms with Crippen LogP contribution < -0.4 is 5.32 Å². The van der Waals surface area contributed by atoms with Crippen LogP contribution in [-0.2, 0) is 16.3 Å². The molecule has 0 aliphatic carbocycles. The second kappa shape index (κ2) is 7.48. The number of allylic oxidation sites excluding steroid dienone is 1. The highest BCUT2D eigenvalue weighted by atomic mass is 32.2. The zero-order valence-electron chi connectivity index (χ0n) is 12.6. The molecule has 0 radical (unpaired) electrons. The minimum absolute atomic E-state index is 0.203. The third kappa shape index (κ3) is 7.34. The second-order valence-electron chi connectivity index (χ2n) is 5.62. The number of hydrogen-bond acceptors (Lipinski definition) is 3. The first-order chi connectivity index (χ1) is 9.26. The standard InChI is InChI=1S/C16H25NO2S/c1-13(2)5-6-14(3)17-16-9-7-15(8-10-16)11-12-20(4,18)19/h7-10,14,17H,1,5-6,11-12H2,2-4H3. The van der Waals surface area contributed by atoms with Crippen molar-refractivity contribution in [3.05, 3.63) is 42.0 Å². The van der Waals surface area contributed by atoms with E-state index in [-0.39, 0.29) is 5.75 Å². The lowest BCUT2D eigenvalue weighted by Crippen LogP contribution is -2.15. The molecule has 0 aliphatic rings. The molecule has 0 heterocycles. The molecule has 0 saturated carbocycles. The topological polar surface area (TPSA) is 46.2 Å². The first-order valence-electron chi connectivity index (χ1n) is 6.94. The Labute approximate surface area is 123 Å². The number of benzene rings is 1. The second-order valence-corrected chi connectivity index (χ2v) is 7.88. The third-order valence-corrected chi connectivity index (χ3v) is 4.08. The number of rotatable bonds is 8. The number of anilines is 1. The minimum atomic E-state index is -2.89. The van der Waals surface area contributed by atoms with E-state index in [4.69, 9.17) is 0 Å². The van der Waals surface area contributed by atoms with Crippen molar-refractivity contribution in [3.8, 4) is 0 Å². The molecule has 3 nitrogen and oxygen atoms in total. The molecular weight excluding hydrogens is 270 g/mol. The normalized spacial score (nSPS) is 12.9. The summed E-state index contributed by atoms with van der Waals surface area (Å²) in [6.07, 6.45) is 3.93. The summed E-state index contributed by atoms with van der Waals surface area (Å²) >= 11 is 0. The van der Waals surface area contributed by atoms with Crippen molar-refractivity contribution in [1.29, 1.82) is 0 Å². The van der Waals surface area contributed by atoms with Gasteiger partial charge in [-0.3, -0.25) is 0 Å². The van der Waals surface area contributed by atoms with Crippen LogP contribution in [0.25, 0.3) is 0 Å². The van der Waals surface area contributed by atoms with Crippen LogP contribution in [0.2, 0.25) is 0 Å². The van der Waals surface area contributed by atoms with Gasteiger partial charge in [0, 0.05) is 18.0 Å². The van der Waals surface area contributed by atoms with E-state index in [1.807, 2.05) is 31.2 Å². The molecule has 1 aromatic carbocycles. The molecule has 0 spiro atoms. The van der Waals surface area contributed by atoms with Gasteiger partial charge in [0.2, 0.25) is 0 Å². The highest BCUT2D eigenvalue weighted by molar-refractivity contribution is 7.90. The molecule has 0 aliphatic heterocycles. The van der Waals surface area contributed by atoms with Crippen LogP contribution in [0.3, 0.4) is 0 Å². The van der Waals surface area contributed by atoms with Gasteiger partial charge in [0.05, 0.1) is 5.75 Å². The Balaban J connectivity index is 2.48. The Morgan fingerprint density at radius 3 is 2.40 bits per heavy atom. The van der Waals surface area contributed by atoms with Crippen molar-refractivity contribution in [2.24, 2.45) is 0 Å². The van der Waals surface area contributed by atoms with Gasteiger partial charge < -0.3 is 5.32 Å². The van der Waals surface area contributed by atoms with Gasteiger partial charge >= 0.3 is 0 Å². The highest BCUT2D eigenvalue weighted by Gasteiger charge is 2.04.